The lowest BCUT2D eigenvalue weighted by Crippen LogP contribution is -2.32. The fraction of sp³-hybridized carbons (Fsp3) is 0.125. The van der Waals surface area contributed by atoms with E-state index in [1.165, 1.54) is 12.0 Å². The number of fused-ring (bicyclic) bond motifs is 2. The highest BCUT2D eigenvalue weighted by Gasteiger charge is 2.32. The van der Waals surface area contributed by atoms with Crippen LogP contribution < -0.4 is 9.64 Å². The van der Waals surface area contributed by atoms with Crippen LogP contribution in [-0.4, -0.2) is 39.5 Å². The molecule has 0 saturated heterocycles. The van der Waals surface area contributed by atoms with Crippen LogP contribution in [0.4, 0.5) is 5.69 Å². The summed E-state index contributed by atoms with van der Waals surface area (Å²) in [4.78, 5) is 22.6. The maximum Gasteiger partial charge on any atom is 0.284 e. The van der Waals surface area contributed by atoms with Gasteiger partial charge < -0.3 is 9.47 Å². The first-order chi connectivity index (χ1) is 11.8. The van der Waals surface area contributed by atoms with Crippen molar-refractivity contribution in [2.75, 3.05) is 18.7 Å². The summed E-state index contributed by atoms with van der Waals surface area (Å²) in [6.07, 6.45) is 6.56. The molecule has 0 aromatic carbocycles. The predicted molar refractivity (Wildman–Crippen MR) is 84.4 cm³/mol. The summed E-state index contributed by atoms with van der Waals surface area (Å²) in [6, 6.07) is 7.11. The number of methoxy groups -OCH3 is 1. The van der Waals surface area contributed by atoms with Gasteiger partial charge in [0.05, 0.1) is 18.1 Å². The third-order valence-electron chi connectivity index (χ3n) is 3.55. The van der Waals surface area contributed by atoms with Crippen molar-refractivity contribution in [3.63, 3.8) is 0 Å². The number of rotatable bonds is 3. The lowest BCUT2D eigenvalue weighted by Gasteiger charge is -2.19. The molecule has 8 nitrogen and oxygen atoms in total. The van der Waals surface area contributed by atoms with Crippen molar-refractivity contribution >= 4 is 11.6 Å². The van der Waals surface area contributed by atoms with Crippen molar-refractivity contribution in [1.82, 2.24) is 19.7 Å². The summed E-state index contributed by atoms with van der Waals surface area (Å²) in [7, 11) is 1.52. The number of hydrogen-bond acceptors (Lipinski definition) is 6. The van der Waals surface area contributed by atoms with E-state index in [4.69, 9.17) is 9.47 Å². The molecule has 1 aliphatic heterocycles. The Morgan fingerprint density at radius 2 is 2.12 bits per heavy atom. The number of nitrogens with zero attached hydrogens (tertiary/aromatic N) is 5. The first-order valence-corrected chi connectivity index (χ1v) is 7.21. The number of amides is 1. The summed E-state index contributed by atoms with van der Waals surface area (Å²) < 4.78 is 12.5. The van der Waals surface area contributed by atoms with E-state index in [9.17, 15) is 4.79 Å². The van der Waals surface area contributed by atoms with Gasteiger partial charge in [-0.15, -0.1) is 0 Å². The molecule has 3 aromatic heterocycles. The van der Waals surface area contributed by atoms with E-state index in [0.717, 1.165) is 5.69 Å². The molecule has 3 aromatic rings. The second-order valence-electron chi connectivity index (χ2n) is 5.08. The molecule has 1 amide bonds. The van der Waals surface area contributed by atoms with Crippen LogP contribution in [0.2, 0.25) is 0 Å². The SMILES string of the molecule is COCN1C(=O)c2nn(-c3cccnc3)cc2Oc2ncccc21. The van der Waals surface area contributed by atoms with Gasteiger partial charge in [0, 0.05) is 19.5 Å². The molecule has 0 radical (unpaired) electrons. The fourth-order valence-electron chi connectivity index (χ4n) is 2.47. The van der Waals surface area contributed by atoms with E-state index in [1.807, 2.05) is 6.07 Å². The van der Waals surface area contributed by atoms with Gasteiger partial charge in [-0.25, -0.2) is 9.67 Å². The van der Waals surface area contributed by atoms with Crippen molar-refractivity contribution in [2.45, 2.75) is 0 Å². The predicted octanol–water partition coefficient (Wildman–Crippen LogP) is 2.02. The smallest absolute Gasteiger partial charge is 0.284 e. The van der Waals surface area contributed by atoms with Crippen LogP contribution in [0.5, 0.6) is 11.6 Å². The summed E-state index contributed by atoms with van der Waals surface area (Å²) >= 11 is 0. The number of aromatic nitrogens is 4. The Hall–Kier alpha value is -3.26. The average Bonchev–Trinajstić information content (AvgIpc) is 3.00. The normalized spacial score (nSPS) is 13.0. The zero-order chi connectivity index (χ0) is 16.5. The Labute approximate surface area is 137 Å². The maximum absolute atomic E-state index is 12.9. The molecule has 4 rings (SSSR count). The summed E-state index contributed by atoms with van der Waals surface area (Å²) in [5.41, 5.74) is 1.45. The Morgan fingerprint density at radius 1 is 1.25 bits per heavy atom. The van der Waals surface area contributed by atoms with Gasteiger partial charge in [0.1, 0.15) is 12.4 Å². The van der Waals surface area contributed by atoms with E-state index in [0.29, 0.717) is 17.3 Å². The van der Waals surface area contributed by atoms with E-state index >= 15 is 0 Å². The van der Waals surface area contributed by atoms with Gasteiger partial charge in [0.25, 0.3) is 5.91 Å². The molecule has 1 aliphatic rings. The van der Waals surface area contributed by atoms with Gasteiger partial charge in [0.15, 0.2) is 11.4 Å². The van der Waals surface area contributed by atoms with Gasteiger partial charge in [0.2, 0.25) is 5.88 Å². The highest BCUT2D eigenvalue weighted by molar-refractivity contribution is 6.08. The summed E-state index contributed by atoms with van der Waals surface area (Å²) in [5, 5.41) is 4.35. The van der Waals surface area contributed by atoms with Crippen LogP contribution >= 0.6 is 0 Å². The molecule has 0 N–H and O–H groups in total. The van der Waals surface area contributed by atoms with Crippen LogP contribution in [0, 0.1) is 0 Å². The third kappa shape index (κ3) is 2.29. The van der Waals surface area contributed by atoms with Crippen LogP contribution in [-0.2, 0) is 4.74 Å². The zero-order valence-corrected chi connectivity index (χ0v) is 12.8. The van der Waals surface area contributed by atoms with Crippen molar-refractivity contribution in [1.29, 1.82) is 0 Å². The maximum atomic E-state index is 12.9. The fourth-order valence-corrected chi connectivity index (χ4v) is 2.47. The summed E-state index contributed by atoms with van der Waals surface area (Å²) in [6.45, 7) is 0.0695. The molecule has 0 fully saturated rings. The first kappa shape index (κ1) is 14.3. The number of anilines is 1. The van der Waals surface area contributed by atoms with Crippen LogP contribution in [0.1, 0.15) is 10.5 Å². The second kappa shape index (κ2) is 5.74. The second-order valence-corrected chi connectivity index (χ2v) is 5.08. The molecular formula is C16H13N5O3. The molecule has 120 valence electrons. The molecule has 0 saturated carbocycles. The van der Waals surface area contributed by atoms with Gasteiger partial charge in [-0.3, -0.25) is 14.7 Å². The van der Waals surface area contributed by atoms with Crippen LogP contribution in [0.15, 0.2) is 49.1 Å². The third-order valence-corrected chi connectivity index (χ3v) is 3.55. The topological polar surface area (TPSA) is 82.4 Å². The van der Waals surface area contributed by atoms with E-state index in [-0.39, 0.29) is 18.3 Å². The molecular weight excluding hydrogens is 310 g/mol. The lowest BCUT2D eigenvalue weighted by molar-refractivity contribution is 0.0932. The van der Waals surface area contributed by atoms with Crippen molar-refractivity contribution in [3.05, 3.63) is 54.7 Å². The zero-order valence-electron chi connectivity index (χ0n) is 12.8. The number of pyridine rings is 2. The van der Waals surface area contributed by atoms with Gasteiger partial charge in [-0.05, 0) is 24.3 Å². The molecule has 4 heterocycles. The Balaban J connectivity index is 1.84. The standard InChI is InChI=1S/C16H13N5O3/c1-23-10-20-12-5-3-7-18-15(12)24-13-9-21(19-14(13)16(20)22)11-4-2-6-17-8-11/h2-9H,10H2,1H3. The van der Waals surface area contributed by atoms with E-state index < -0.39 is 0 Å². The molecule has 0 atom stereocenters. The summed E-state index contributed by atoms with van der Waals surface area (Å²) in [5.74, 6) is 0.344. The average molecular weight is 323 g/mol. The largest absolute Gasteiger partial charge is 0.433 e. The van der Waals surface area contributed by atoms with Crippen molar-refractivity contribution in [3.8, 4) is 17.3 Å². The minimum absolute atomic E-state index is 0.0695. The number of carbonyl (C=O) groups excluding carboxylic acids is 1. The minimum atomic E-state index is -0.318. The van der Waals surface area contributed by atoms with E-state index in [1.54, 1.807) is 47.7 Å². The van der Waals surface area contributed by atoms with Gasteiger partial charge in [-0.2, -0.15) is 5.10 Å². The van der Waals surface area contributed by atoms with E-state index in [2.05, 4.69) is 15.1 Å². The Bertz CT molecular complexity index is 894. The van der Waals surface area contributed by atoms with Crippen LogP contribution in [0.25, 0.3) is 5.69 Å². The monoisotopic (exact) mass is 323 g/mol. The molecule has 0 aliphatic carbocycles. The Kier molecular flexibility index (Phi) is 3.43. The highest BCUT2D eigenvalue weighted by atomic mass is 16.5. The van der Waals surface area contributed by atoms with Crippen molar-refractivity contribution < 1.29 is 14.3 Å². The van der Waals surface area contributed by atoms with Gasteiger partial charge in [-0.1, -0.05) is 0 Å². The van der Waals surface area contributed by atoms with Crippen molar-refractivity contribution in [2.24, 2.45) is 0 Å². The van der Waals surface area contributed by atoms with Crippen LogP contribution in [0.3, 0.4) is 0 Å². The Morgan fingerprint density at radius 3 is 2.92 bits per heavy atom. The molecule has 24 heavy (non-hydrogen) atoms. The first-order valence-electron chi connectivity index (χ1n) is 7.21. The minimum Gasteiger partial charge on any atom is -0.433 e. The quantitative estimate of drug-likeness (QED) is 0.733. The number of ether oxygens (including phenoxy) is 2. The highest BCUT2D eigenvalue weighted by Crippen LogP contribution is 2.36. The molecule has 8 heteroatoms. The molecule has 0 bridgehead atoms. The number of carbonyl (C=O) groups is 1. The molecule has 0 unspecified atom stereocenters. The van der Waals surface area contributed by atoms with Gasteiger partial charge >= 0.3 is 0 Å². The number of hydrogen-bond donors (Lipinski definition) is 0. The lowest BCUT2D eigenvalue weighted by atomic mass is 10.3. The molecule has 0 spiro atoms.